The summed E-state index contributed by atoms with van der Waals surface area (Å²) < 4.78 is 0. The van der Waals surface area contributed by atoms with Gasteiger partial charge in [0.25, 0.3) is 0 Å². The predicted octanol–water partition coefficient (Wildman–Crippen LogP) is 2.16. The second kappa shape index (κ2) is 9.40. The number of benzene rings is 1. The molecule has 2 N–H and O–H groups in total. The van der Waals surface area contributed by atoms with Crippen LogP contribution in [-0.4, -0.2) is 57.6 Å². The van der Waals surface area contributed by atoms with E-state index in [0.29, 0.717) is 13.0 Å². The second-order valence-electron chi connectivity index (χ2n) is 6.42. The number of nitrogens with zero attached hydrogens (tertiary/aromatic N) is 2. The molecule has 1 aromatic carbocycles. The minimum atomic E-state index is 0.116. The van der Waals surface area contributed by atoms with Crippen LogP contribution >= 0.6 is 0 Å². The van der Waals surface area contributed by atoms with E-state index in [1.54, 1.807) is 0 Å². The molecular formula is C18H30N4O. The van der Waals surface area contributed by atoms with Gasteiger partial charge < -0.3 is 20.4 Å². The molecule has 0 radical (unpaired) electrons. The molecule has 1 fully saturated rings. The highest BCUT2D eigenvalue weighted by molar-refractivity contribution is 5.76. The number of carbonyl (C=O) groups excluding carboxylic acids is 1. The lowest BCUT2D eigenvalue weighted by atomic mass is 10.2. The van der Waals surface area contributed by atoms with Gasteiger partial charge in [-0.1, -0.05) is 0 Å². The molecule has 1 aliphatic rings. The molecule has 1 amide bonds. The van der Waals surface area contributed by atoms with Crippen LogP contribution in [0.3, 0.4) is 0 Å². The summed E-state index contributed by atoms with van der Waals surface area (Å²) in [6.45, 7) is 4.76. The molecule has 1 heterocycles. The van der Waals surface area contributed by atoms with E-state index in [9.17, 15) is 4.79 Å². The smallest absolute Gasteiger partial charge is 0.221 e. The fourth-order valence-corrected chi connectivity index (χ4v) is 2.80. The van der Waals surface area contributed by atoms with Gasteiger partial charge in [-0.25, -0.2) is 0 Å². The third kappa shape index (κ3) is 6.48. The second-order valence-corrected chi connectivity index (χ2v) is 6.42. The Labute approximate surface area is 140 Å². The summed E-state index contributed by atoms with van der Waals surface area (Å²) in [4.78, 5) is 16.3. The van der Waals surface area contributed by atoms with Gasteiger partial charge in [0, 0.05) is 44.0 Å². The van der Waals surface area contributed by atoms with Crippen LogP contribution < -0.4 is 15.5 Å². The summed E-state index contributed by atoms with van der Waals surface area (Å²) in [6.07, 6.45) is 4.09. The van der Waals surface area contributed by atoms with E-state index in [1.807, 2.05) is 14.1 Å². The Morgan fingerprint density at radius 3 is 2.48 bits per heavy atom. The summed E-state index contributed by atoms with van der Waals surface area (Å²) in [7, 11) is 4.08. The molecule has 1 aromatic rings. The lowest BCUT2D eigenvalue weighted by Gasteiger charge is -2.18. The normalized spacial score (nSPS) is 14.3. The number of anilines is 2. The van der Waals surface area contributed by atoms with Crippen LogP contribution in [0.2, 0.25) is 0 Å². The van der Waals surface area contributed by atoms with Gasteiger partial charge in [-0.3, -0.25) is 4.79 Å². The maximum atomic E-state index is 11.7. The quantitative estimate of drug-likeness (QED) is 0.685. The Kier molecular flexibility index (Phi) is 7.20. The summed E-state index contributed by atoms with van der Waals surface area (Å²) in [5.74, 6) is 0.116. The minimum Gasteiger partial charge on any atom is -0.385 e. The van der Waals surface area contributed by atoms with Crippen molar-refractivity contribution in [3.8, 4) is 0 Å². The van der Waals surface area contributed by atoms with Crippen molar-refractivity contribution in [1.29, 1.82) is 0 Å². The van der Waals surface area contributed by atoms with E-state index in [-0.39, 0.29) is 5.91 Å². The van der Waals surface area contributed by atoms with E-state index in [0.717, 1.165) is 25.2 Å². The molecule has 5 heteroatoms. The van der Waals surface area contributed by atoms with E-state index >= 15 is 0 Å². The average Bonchev–Trinajstić information content (AvgIpc) is 3.06. The van der Waals surface area contributed by atoms with Crippen molar-refractivity contribution in [2.24, 2.45) is 0 Å². The van der Waals surface area contributed by atoms with E-state index < -0.39 is 0 Å². The van der Waals surface area contributed by atoms with Crippen LogP contribution in [-0.2, 0) is 4.79 Å². The first-order chi connectivity index (χ1) is 11.1. The Bertz CT molecular complexity index is 466. The average molecular weight is 318 g/mol. The molecule has 1 saturated heterocycles. The van der Waals surface area contributed by atoms with Crippen LogP contribution in [0, 0.1) is 0 Å². The largest absolute Gasteiger partial charge is 0.385 e. The van der Waals surface area contributed by atoms with Gasteiger partial charge in [-0.05, 0) is 64.2 Å². The third-order valence-electron chi connectivity index (χ3n) is 4.12. The fourth-order valence-electron chi connectivity index (χ4n) is 2.80. The molecule has 0 atom stereocenters. The summed E-state index contributed by atoms with van der Waals surface area (Å²) >= 11 is 0. The first-order valence-corrected chi connectivity index (χ1v) is 8.65. The van der Waals surface area contributed by atoms with Gasteiger partial charge in [0.15, 0.2) is 0 Å². The third-order valence-corrected chi connectivity index (χ3v) is 4.12. The molecule has 2 rings (SSSR count). The van der Waals surface area contributed by atoms with Gasteiger partial charge in [0.05, 0.1) is 0 Å². The lowest BCUT2D eigenvalue weighted by Crippen LogP contribution is -2.28. The van der Waals surface area contributed by atoms with Crippen molar-refractivity contribution < 1.29 is 4.79 Å². The maximum absolute atomic E-state index is 11.7. The van der Waals surface area contributed by atoms with Gasteiger partial charge in [-0.15, -0.1) is 0 Å². The highest BCUT2D eigenvalue weighted by Gasteiger charge is 2.11. The number of nitrogens with one attached hydrogen (secondary N) is 2. The van der Waals surface area contributed by atoms with Crippen LogP contribution in [0.15, 0.2) is 24.3 Å². The summed E-state index contributed by atoms with van der Waals surface area (Å²) in [5.41, 5.74) is 2.38. The van der Waals surface area contributed by atoms with Crippen molar-refractivity contribution in [2.45, 2.75) is 25.7 Å². The fraction of sp³-hybridized carbons (Fsp3) is 0.611. The molecule has 0 aliphatic carbocycles. The SMILES string of the molecule is CN(C)CCCNC(=O)CCNc1ccc(N2CCCC2)cc1. The predicted molar refractivity (Wildman–Crippen MR) is 97.2 cm³/mol. The molecule has 5 nitrogen and oxygen atoms in total. The van der Waals surface area contributed by atoms with Gasteiger partial charge in [0.2, 0.25) is 5.91 Å². The molecule has 128 valence electrons. The van der Waals surface area contributed by atoms with Crippen LogP contribution in [0.25, 0.3) is 0 Å². The number of amides is 1. The molecule has 23 heavy (non-hydrogen) atoms. The zero-order valence-electron chi connectivity index (χ0n) is 14.5. The topological polar surface area (TPSA) is 47.6 Å². The van der Waals surface area contributed by atoms with Crippen molar-refractivity contribution in [2.75, 3.05) is 57.0 Å². The monoisotopic (exact) mass is 318 g/mol. The van der Waals surface area contributed by atoms with Gasteiger partial charge >= 0.3 is 0 Å². The highest BCUT2D eigenvalue weighted by atomic mass is 16.1. The number of rotatable bonds is 9. The van der Waals surface area contributed by atoms with Crippen LogP contribution in [0.5, 0.6) is 0 Å². The summed E-state index contributed by atoms with van der Waals surface area (Å²) in [6, 6.07) is 8.52. The van der Waals surface area contributed by atoms with Crippen molar-refractivity contribution >= 4 is 17.3 Å². The van der Waals surface area contributed by atoms with Gasteiger partial charge in [-0.2, -0.15) is 0 Å². The zero-order chi connectivity index (χ0) is 16.5. The summed E-state index contributed by atoms with van der Waals surface area (Å²) in [5, 5.41) is 6.27. The molecule has 0 bridgehead atoms. The molecule has 0 saturated carbocycles. The Balaban J connectivity index is 1.61. The number of carbonyl (C=O) groups is 1. The highest BCUT2D eigenvalue weighted by Crippen LogP contribution is 2.21. The molecular weight excluding hydrogens is 288 g/mol. The Morgan fingerprint density at radius 1 is 1.13 bits per heavy atom. The molecule has 1 aliphatic heterocycles. The van der Waals surface area contributed by atoms with E-state index in [1.165, 1.54) is 31.6 Å². The lowest BCUT2D eigenvalue weighted by molar-refractivity contribution is -0.120. The van der Waals surface area contributed by atoms with E-state index in [4.69, 9.17) is 0 Å². The number of hydrogen-bond acceptors (Lipinski definition) is 4. The van der Waals surface area contributed by atoms with Crippen molar-refractivity contribution in [1.82, 2.24) is 10.2 Å². The minimum absolute atomic E-state index is 0.116. The first kappa shape index (κ1) is 17.6. The van der Waals surface area contributed by atoms with Crippen molar-refractivity contribution in [3.63, 3.8) is 0 Å². The standard InChI is InChI=1S/C18H30N4O/c1-21(2)13-5-11-20-18(23)10-12-19-16-6-8-17(9-7-16)22-14-3-4-15-22/h6-9,19H,3-5,10-15H2,1-2H3,(H,20,23). The molecule has 0 spiro atoms. The molecule has 0 aromatic heterocycles. The Morgan fingerprint density at radius 2 is 1.83 bits per heavy atom. The van der Waals surface area contributed by atoms with Crippen LogP contribution in [0.4, 0.5) is 11.4 Å². The Hall–Kier alpha value is -1.75. The van der Waals surface area contributed by atoms with Crippen molar-refractivity contribution in [3.05, 3.63) is 24.3 Å². The van der Waals surface area contributed by atoms with Crippen LogP contribution in [0.1, 0.15) is 25.7 Å². The van der Waals surface area contributed by atoms with Gasteiger partial charge in [0.1, 0.15) is 0 Å². The maximum Gasteiger partial charge on any atom is 0.221 e. The molecule has 0 unspecified atom stereocenters. The first-order valence-electron chi connectivity index (χ1n) is 8.65. The van der Waals surface area contributed by atoms with E-state index in [2.05, 4.69) is 44.7 Å². The number of hydrogen-bond donors (Lipinski definition) is 2. The zero-order valence-corrected chi connectivity index (χ0v) is 14.5.